The van der Waals surface area contributed by atoms with E-state index in [0.29, 0.717) is 0 Å². The lowest BCUT2D eigenvalue weighted by molar-refractivity contribution is -0.187. The van der Waals surface area contributed by atoms with Crippen LogP contribution in [0.2, 0.25) is 0 Å². The predicted molar refractivity (Wildman–Crippen MR) is 84.2 cm³/mol. The molecule has 0 fully saturated rings. The molecule has 0 radical (unpaired) electrons. The van der Waals surface area contributed by atoms with Crippen LogP contribution in [-0.2, 0) is 14.6 Å². The standard InChI is InChI=1S/C18H16O6/c1-12(2)16(19)22-15-11-7-6-10-14(15)18(21)24-23-17(20)13-8-4-3-5-9-13/h3-12H,1-2H3. The summed E-state index contributed by atoms with van der Waals surface area (Å²) < 4.78 is 5.14. The molecule has 0 N–H and O–H groups in total. The molecule has 0 saturated heterocycles. The molecule has 2 aromatic carbocycles. The van der Waals surface area contributed by atoms with Gasteiger partial charge in [0, 0.05) is 0 Å². The topological polar surface area (TPSA) is 78.9 Å². The molecule has 6 nitrogen and oxygen atoms in total. The van der Waals surface area contributed by atoms with Gasteiger partial charge in [0.2, 0.25) is 0 Å². The van der Waals surface area contributed by atoms with Crippen molar-refractivity contribution in [3.63, 3.8) is 0 Å². The van der Waals surface area contributed by atoms with Crippen LogP contribution >= 0.6 is 0 Å². The summed E-state index contributed by atoms with van der Waals surface area (Å²) in [6.45, 7) is 3.34. The molecular formula is C18H16O6. The highest BCUT2D eigenvalue weighted by Gasteiger charge is 2.20. The van der Waals surface area contributed by atoms with Crippen LogP contribution in [0.4, 0.5) is 0 Å². The van der Waals surface area contributed by atoms with E-state index in [1.54, 1.807) is 44.2 Å². The highest BCUT2D eigenvalue weighted by Crippen LogP contribution is 2.20. The second-order valence-corrected chi connectivity index (χ2v) is 5.18. The molecule has 24 heavy (non-hydrogen) atoms. The first-order chi connectivity index (χ1) is 11.5. The van der Waals surface area contributed by atoms with Gasteiger partial charge in [-0.25, -0.2) is 19.4 Å². The first-order valence-corrected chi connectivity index (χ1v) is 7.28. The van der Waals surface area contributed by atoms with E-state index in [0.717, 1.165) is 0 Å². The van der Waals surface area contributed by atoms with Crippen LogP contribution in [0.15, 0.2) is 54.6 Å². The predicted octanol–water partition coefficient (Wildman–Crippen LogP) is 3.18. The lowest BCUT2D eigenvalue weighted by Crippen LogP contribution is -2.18. The molecule has 0 aliphatic heterocycles. The fourth-order valence-corrected chi connectivity index (χ4v) is 1.69. The van der Waals surface area contributed by atoms with E-state index in [1.165, 1.54) is 24.3 Å². The Morgan fingerprint density at radius 3 is 2.04 bits per heavy atom. The Kier molecular flexibility index (Phi) is 5.68. The van der Waals surface area contributed by atoms with Crippen LogP contribution in [0.3, 0.4) is 0 Å². The molecule has 0 heterocycles. The highest BCUT2D eigenvalue weighted by atomic mass is 17.2. The Balaban J connectivity index is 2.05. The van der Waals surface area contributed by atoms with Gasteiger partial charge in [0.05, 0.1) is 11.5 Å². The molecule has 0 aliphatic rings. The average Bonchev–Trinajstić information content (AvgIpc) is 2.60. The van der Waals surface area contributed by atoms with Crippen molar-refractivity contribution in [3.8, 4) is 5.75 Å². The largest absolute Gasteiger partial charge is 0.425 e. The third-order valence-corrected chi connectivity index (χ3v) is 2.99. The number of hydrogen-bond acceptors (Lipinski definition) is 6. The zero-order chi connectivity index (χ0) is 17.5. The van der Waals surface area contributed by atoms with Gasteiger partial charge in [-0.2, -0.15) is 0 Å². The monoisotopic (exact) mass is 328 g/mol. The van der Waals surface area contributed by atoms with E-state index >= 15 is 0 Å². The van der Waals surface area contributed by atoms with Crippen molar-refractivity contribution in [3.05, 3.63) is 65.7 Å². The molecule has 0 amide bonds. The maximum Gasteiger partial charge on any atom is 0.390 e. The van der Waals surface area contributed by atoms with Crippen LogP contribution in [0.25, 0.3) is 0 Å². The molecule has 2 rings (SSSR count). The van der Waals surface area contributed by atoms with Crippen molar-refractivity contribution >= 4 is 17.9 Å². The SMILES string of the molecule is CC(C)C(=O)Oc1ccccc1C(=O)OOC(=O)c1ccccc1. The Labute approximate surface area is 138 Å². The number of carbonyl (C=O) groups excluding carboxylic acids is 3. The molecule has 0 atom stereocenters. The molecule has 2 aromatic rings. The molecule has 0 bridgehead atoms. The quantitative estimate of drug-likeness (QED) is 0.371. The summed E-state index contributed by atoms with van der Waals surface area (Å²) in [7, 11) is 0. The van der Waals surface area contributed by atoms with Crippen LogP contribution < -0.4 is 4.74 Å². The Morgan fingerprint density at radius 1 is 0.792 bits per heavy atom. The Morgan fingerprint density at radius 2 is 1.38 bits per heavy atom. The van der Waals surface area contributed by atoms with Gasteiger partial charge in [-0.15, -0.1) is 0 Å². The van der Waals surface area contributed by atoms with Gasteiger partial charge >= 0.3 is 17.9 Å². The molecule has 0 aliphatic carbocycles. The lowest BCUT2D eigenvalue weighted by atomic mass is 10.2. The van der Waals surface area contributed by atoms with Crippen molar-refractivity contribution in [1.29, 1.82) is 0 Å². The lowest BCUT2D eigenvalue weighted by Gasteiger charge is -2.10. The van der Waals surface area contributed by atoms with E-state index in [9.17, 15) is 14.4 Å². The highest BCUT2D eigenvalue weighted by molar-refractivity contribution is 5.94. The van der Waals surface area contributed by atoms with Gasteiger partial charge in [0.15, 0.2) is 0 Å². The van der Waals surface area contributed by atoms with E-state index in [-0.39, 0.29) is 22.8 Å². The van der Waals surface area contributed by atoms with Crippen LogP contribution in [0, 0.1) is 5.92 Å². The summed E-state index contributed by atoms with van der Waals surface area (Å²) in [6, 6.07) is 14.1. The Bertz CT molecular complexity index is 736. The summed E-state index contributed by atoms with van der Waals surface area (Å²) in [6.07, 6.45) is 0. The number of esters is 1. The number of benzene rings is 2. The molecule has 6 heteroatoms. The van der Waals surface area contributed by atoms with Gasteiger partial charge in [0.25, 0.3) is 0 Å². The summed E-state index contributed by atoms with van der Waals surface area (Å²) >= 11 is 0. The van der Waals surface area contributed by atoms with Crippen molar-refractivity contribution in [1.82, 2.24) is 0 Å². The number of rotatable bonds is 4. The minimum absolute atomic E-state index is 0.0210. The number of para-hydroxylation sites is 1. The molecular weight excluding hydrogens is 312 g/mol. The van der Waals surface area contributed by atoms with Crippen molar-refractivity contribution in [2.24, 2.45) is 5.92 Å². The van der Waals surface area contributed by atoms with Crippen LogP contribution in [0.5, 0.6) is 5.75 Å². The maximum atomic E-state index is 12.1. The summed E-state index contributed by atoms with van der Waals surface area (Å²) in [5.74, 6) is -2.55. The summed E-state index contributed by atoms with van der Waals surface area (Å²) in [4.78, 5) is 44.6. The van der Waals surface area contributed by atoms with Crippen LogP contribution in [0.1, 0.15) is 34.6 Å². The van der Waals surface area contributed by atoms with Crippen molar-refractivity contribution in [2.45, 2.75) is 13.8 Å². The van der Waals surface area contributed by atoms with Gasteiger partial charge in [-0.3, -0.25) is 4.79 Å². The number of hydrogen-bond donors (Lipinski definition) is 0. The molecule has 0 unspecified atom stereocenters. The fourth-order valence-electron chi connectivity index (χ4n) is 1.69. The van der Waals surface area contributed by atoms with E-state index in [4.69, 9.17) is 4.74 Å². The molecule has 0 saturated carbocycles. The normalized spacial score (nSPS) is 10.1. The maximum absolute atomic E-state index is 12.1. The first-order valence-electron chi connectivity index (χ1n) is 7.28. The molecule has 124 valence electrons. The van der Waals surface area contributed by atoms with Gasteiger partial charge in [-0.05, 0) is 24.3 Å². The van der Waals surface area contributed by atoms with Gasteiger partial charge in [0.1, 0.15) is 11.3 Å². The Hall–Kier alpha value is -3.15. The zero-order valence-corrected chi connectivity index (χ0v) is 13.2. The fraction of sp³-hybridized carbons (Fsp3) is 0.167. The molecule has 0 aromatic heterocycles. The average molecular weight is 328 g/mol. The smallest absolute Gasteiger partial charge is 0.390 e. The van der Waals surface area contributed by atoms with E-state index < -0.39 is 17.9 Å². The second-order valence-electron chi connectivity index (χ2n) is 5.18. The summed E-state index contributed by atoms with van der Waals surface area (Å²) in [5.41, 5.74) is 0.220. The third-order valence-electron chi connectivity index (χ3n) is 2.99. The second kappa shape index (κ2) is 7.92. The van der Waals surface area contributed by atoms with Gasteiger partial charge in [-0.1, -0.05) is 44.2 Å². The minimum atomic E-state index is -0.938. The number of carbonyl (C=O) groups is 3. The van der Waals surface area contributed by atoms with E-state index in [2.05, 4.69) is 9.78 Å². The minimum Gasteiger partial charge on any atom is -0.425 e. The first kappa shape index (κ1) is 17.2. The van der Waals surface area contributed by atoms with Gasteiger partial charge < -0.3 is 4.74 Å². The van der Waals surface area contributed by atoms with E-state index in [1.807, 2.05) is 0 Å². The zero-order valence-electron chi connectivity index (χ0n) is 13.2. The molecule has 0 spiro atoms. The third kappa shape index (κ3) is 4.42. The number of ether oxygens (including phenoxy) is 1. The van der Waals surface area contributed by atoms with Crippen molar-refractivity contribution in [2.75, 3.05) is 0 Å². The van der Waals surface area contributed by atoms with Crippen LogP contribution in [-0.4, -0.2) is 17.9 Å². The van der Waals surface area contributed by atoms with Crippen molar-refractivity contribution < 1.29 is 28.9 Å². The summed E-state index contributed by atoms with van der Waals surface area (Å²) in [5, 5.41) is 0.